The summed E-state index contributed by atoms with van der Waals surface area (Å²) in [5.41, 5.74) is 12.1. The summed E-state index contributed by atoms with van der Waals surface area (Å²) < 4.78 is 4.68. The van der Waals surface area contributed by atoms with Crippen molar-refractivity contribution in [2.45, 2.75) is 0 Å². The molecular formula is C63H39N5. The molecule has 14 aromatic rings. The number of hydrogen-bond acceptors (Lipinski definition) is 3. The van der Waals surface area contributed by atoms with E-state index < -0.39 is 0 Å². The molecule has 0 N–H and O–H groups in total. The zero-order chi connectivity index (χ0) is 44.7. The highest BCUT2D eigenvalue weighted by molar-refractivity contribution is 6.29. The SMILES string of the molecule is c1ccc(-c2ccc3c4ccccc4c4cc(-c5ccccc5-n5c6ccccc6c6c7c8ccccc8n(-c8nc(-c9ccccc9)nc(-c9ccccc9)n8)c7ccc65)ccc4c3c2)cc1. The molecule has 11 aromatic carbocycles. The Morgan fingerprint density at radius 2 is 0.676 bits per heavy atom. The molecule has 14 rings (SSSR count). The third-order valence-electron chi connectivity index (χ3n) is 13.8. The van der Waals surface area contributed by atoms with Gasteiger partial charge in [0.25, 0.3) is 0 Å². The first-order valence-corrected chi connectivity index (χ1v) is 23.1. The molecule has 0 saturated heterocycles. The average molecular weight is 866 g/mol. The summed E-state index contributed by atoms with van der Waals surface area (Å²) in [6.07, 6.45) is 0. The van der Waals surface area contributed by atoms with E-state index in [-0.39, 0.29) is 0 Å². The first-order chi connectivity index (χ1) is 33.7. The van der Waals surface area contributed by atoms with Gasteiger partial charge in [-0.1, -0.05) is 194 Å². The van der Waals surface area contributed by atoms with Gasteiger partial charge in [0.15, 0.2) is 11.6 Å². The highest BCUT2D eigenvalue weighted by Crippen LogP contribution is 2.45. The van der Waals surface area contributed by atoms with E-state index in [1.54, 1.807) is 0 Å². The van der Waals surface area contributed by atoms with Gasteiger partial charge in [0.1, 0.15) is 0 Å². The summed E-state index contributed by atoms with van der Waals surface area (Å²) in [6.45, 7) is 0. The minimum Gasteiger partial charge on any atom is -0.309 e. The minimum absolute atomic E-state index is 0.574. The van der Waals surface area contributed by atoms with E-state index in [0.717, 1.165) is 55.2 Å². The molecule has 0 aliphatic rings. The average Bonchev–Trinajstić information content (AvgIpc) is 3.94. The van der Waals surface area contributed by atoms with Crippen LogP contribution in [0.4, 0.5) is 0 Å². The van der Waals surface area contributed by atoms with Gasteiger partial charge in [0.05, 0.1) is 27.8 Å². The smallest absolute Gasteiger partial charge is 0.238 e. The first kappa shape index (κ1) is 38.1. The summed E-state index contributed by atoms with van der Waals surface area (Å²) in [5.74, 6) is 1.83. The van der Waals surface area contributed by atoms with E-state index >= 15 is 0 Å². The van der Waals surface area contributed by atoms with E-state index in [1.165, 1.54) is 59.8 Å². The predicted molar refractivity (Wildman–Crippen MR) is 283 cm³/mol. The second kappa shape index (κ2) is 15.2. The molecule has 0 atom stereocenters. The van der Waals surface area contributed by atoms with Crippen molar-refractivity contribution in [1.29, 1.82) is 0 Å². The predicted octanol–water partition coefficient (Wildman–Crippen LogP) is 16.2. The van der Waals surface area contributed by atoms with Gasteiger partial charge in [-0.3, -0.25) is 4.57 Å². The zero-order valence-corrected chi connectivity index (χ0v) is 36.8. The third kappa shape index (κ3) is 5.86. The Bertz CT molecular complexity index is 4250. The summed E-state index contributed by atoms with van der Waals surface area (Å²) >= 11 is 0. The van der Waals surface area contributed by atoms with Crippen molar-refractivity contribution in [1.82, 2.24) is 24.1 Å². The molecular weight excluding hydrogens is 827 g/mol. The molecule has 0 amide bonds. The molecule has 3 aromatic heterocycles. The second-order valence-corrected chi connectivity index (χ2v) is 17.5. The molecule has 3 heterocycles. The molecule has 0 unspecified atom stereocenters. The Kier molecular flexibility index (Phi) is 8.52. The van der Waals surface area contributed by atoms with Crippen LogP contribution in [0.3, 0.4) is 0 Å². The van der Waals surface area contributed by atoms with Gasteiger partial charge < -0.3 is 4.57 Å². The van der Waals surface area contributed by atoms with Crippen LogP contribution in [-0.2, 0) is 0 Å². The van der Waals surface area contributed by atoms with E-state index in [4.69, 9.17) is 15.0 Å². The highest BCUT2D eigenvalue weighted by Gasteiger charge is 2.24. The molecule has 0 bridgehead atoms. The van der Waals surface area contributed by atoms with Crippen LogP contribution in [0, 0.1) is 0 Å². The van der Waals surface area contributed by atoms with Crippen LogP contribution in [0.15, 0.2) is 237 Å². The lowest BCUT2D eigenvalue weighted by Gasteiger charge is -2.16. The van der Waals surface area contributed by atoms with Gasteiger partial charge in [-0.15, -0.1) is 0 Å². The molecule has 5 heteroatoms. The fourth-order valence-electron chi connectivity index (χ4n) is 10.7. The molecule has 5 nitrogen and oxygen atoms in total. The molecule has 0 radical (unpaired) electrons. The van der Waals surface area contributed by atoms with Gasteiger partial charge in [-0.25, -0.2) is 4.98 Å². The van der Waals surface area contributed by atoms with Crippen LogP contribution in [0.5, 0.6) is 0 Å². The van der Waals surface area contributed by atoms with Crippen molar-refractivity contribution in [3.8, 4) is 56.7 Å². The first-order valence-electron chi connectivity index (χ1n) is 23.1. The van der Waals surface area contributed by atoms with Crippen LogP contribution in [-0.4, -0.2) is 24.1 Å². The molecule has 316 valence electrons. The monoisotopic (exact) mass is 865 g/mol. The maximum Gasteiger partial charge on any atom is 0.238 e. The lowest BCUT2D eigenvalue weighted by Crippen LogP contribution is -2.06. The lowest BCUT2D eigenvalue weighted by atomic mass is 9.90. The summed E-state index contributed by atoms with van der Waals surface area (Å²) in [7, 11) is 0. The maximum absolute atomic E-state index is 5.22. The van der Waals surface area contributed by atoms with Crippen LogP contribution < -0.4 is 0 Å². The quantitative estimate of drug-likeness (QED) is 0.156. The molecule has 68 heavy (non-hydrogen) atoms. The molecule has 0 fully saturated rings. The Hall–Kier alpha value is -9.19. The van der Waals surface area contributed by atoms with Gasteiger partial charge in [-0.2, -0.15) is 9.97 Å². The second-order valence-electron chi connectivity index (χ2n) is 17.5. The molecule has 0 aliphatic heterocycles. The van der Waals surface area contributed by atoms with Gasteiger partial charge in [-0.05, 0) is 91.5 Å². The van der Waals surface area contributed by atoms with Crippen molar-refractivity contribution in [3.05, 3.63) is 237 Å². The number of nitrogens with zero attached hydrogens (tertiary/aromatic N) is 5. The van der Waals surface area contributed by atoms with Gasteiger partial charge >= 0.3 is 0 Å². The van der Waals surface area contributed by atoms with Crippen LogP contribution >= 0.6 is 0 Å². The molecule has 0 saturated carbocycles. The van der Waals surface area contributed by atoms with Crippen molar-refractivity contribution < 1.29 is 0 Å². The largest absolute Gasteiger partial charge is 0.309 e. The van der Waals surface area contributed by atoms with Crippen LogP contribution in [0.1, 0.15) is 0 Å². The number of benzene rings is 11. The lowest BCUT2D eigenvalue weighted by molar-refractivity contribution is 0.953. The van der Waals surface area contributed by atoms with Crippen LogP contribution in [0.25, 0.3) is 133 Å². The van der Waals surface area contributed by atoms with Crippen LogP contribution in [0.2, 0.25) is 0 Å². The standard InChI is InChI=1S/C63H39N5/c1-4-18-40(19-5-1)43-32-34-48-46-25-10-11-26-47(46)53-39-44(33-35-49(53)52(48)38-43)45-24-12-15-29-54(45)67-55-30-16-13-27-50(55)59-57(67)36-37-58-60(59)51-28-14-17-31-56(51)68(58)63-65-61(41-20-6-2-7-21-41)64-62(66-63)42-22-8-3-9-23-42/h1-39H. The molecule has 0 spiro atoms. The van der Waals surface area contributed by atoms with E-state index in [1.807, 2.05) is 36.4 Å². The van der Waals surface area contributed by atoms with Gasteiger partial charge in [0.2, 0.25) is 5.95 Å². The third-order valence-corrected chi connectivity index (χ3v) is 13.8. The Labute approximate surface area is 391 Å². The van der Waals surface area contributed by atoms with E-state index in [9.17, 15) is 0 Å². The van der Waals surface area contributed by atoms with E-state index in [0.29, 0.717) is 17.6 Å². The Morgan fingerprint density at radius 1 is 0.250 bits per heavy atom. The fraction of sp³-hybridized carbons (Fsp3) is 0. The zero-order valence-electron chi connectivity index (χ0n) is 36.8. The summed E-state index contributed by atoms with van der Waals surface area (Å²) in [6, 6.07) is 84.7. The normalized spacial score (nSPS) is 11.8. The number of fused-ring (bicyclic) bond motifs is 13. The van der Waals surface area contributed by atoms with Crippen molar-refractivity contribution in [2.75, 3.05) is 0 Å². The number of rotatable bonds is 6. The summed E-state index contributed by atoms with van der Waals surface area (Å²) in [4.78, 5) is 15.5. The maximum atomic E-state index is 5.22. The number of aromatic nitrogens is 5. The number of para-hydroxylation sites is 3. The Morgan fingerprint density at radius 3 is 1.29 bits per heavy atom. The van der Waals surface area contributed by atoms with E-state index in [2.05, 4.69) is 209 Å². The minimum atomic E-state index is 0.574. The highest BCUT2D eigenvalue weighted by atomic mass is 15.2. The Balaban J connectivity index is 1.00. The summed E-state index contributed by atoms with van der Waals surface area (Å²) in [5, 5.41) is 12.2. The van der Waals surface area contributed by atoms with Crippen molar-refractivity contribution in [3.63, 3.8) is 0 Å². The topological polar surface area (TPSA) is 48.5 Å². The van der Waals surface area contributed by atoms with Gasteiger partial charge in [0, 0.05) is 38.2 Å². The molecule has 0 aliphatic carbocycles. The fourth-order valence-corrected chi connectivity index (χ4v) is 10.7. The van der Waals surface area contributed by atoms with Crippen molar-refractivity contribution in [2.24, 2.45) is 0 Å². The number of hydrogen-bond donors (Lipinski definition) is 0. The van der Waals surface area contributed by atoms with Crippen molar-refractivity contribution >= 4 is 75.9 Å².